The van der Waals surface area contributed by atoms with Gasteiger partial charge >= 0.3 is 0 Å². The van der Waals surface area contributed by atoms with Crippen LogP contribution in [0.1, 0.15) is 23.6 Å². The predicted molar refractivity (Wildman–Crippen MR) is 265 cm³/mol. The predicted octanol–water partition coefficient (Wildman–Crippen LogP) is 16.2. The molecule has 0 fully saturated rings. The number of hydrogen-bond acceptors (Lipinski definition) is 3. The first-order valence-electron chi connectivity index (χ1n) is 21.6. The van der Waals surface area contributed by atoms with Crippen LogP contribution in [0, 0.1) is 0 Å². The largest absolute Gasteiger partial charge is 0.228 e. The van der Waals surface area contributed by atoms with Crippen LogP contribution in [0.25, 0.3) is 98.6 Å². The zero-order valence-corrected chi connectivity index (χ0v) is 35.5. The first-order valence-corrected chi connectivity index (χ1v) is 22.4. The van der Waals surface area contributed by atoms with Gasteiger partial charge < -0.3 is 0 Å². The summed E-state index contributed by atoms with van der Waals surface area (Å²) in [5.74, 6) is 0.703. The van der Waals surface area contributed by atoms with E-state index in [1.165, 1.54) is 64.7 Å². The smallest absolute Gasteiger partial charge is 0.160 e. The van der Waals surface area contributed by atoms with Gasteiger partial charge in [0.1, 0.15) is 0 Å². The highest BCUT2D eigenvalue weighted by Crippen LogP contribution is 2.55. The van der Waals surface area contributed by atoms with Gasteiger partial charge in [0, 0.05) is 42.3 Å². The van der Waals surface area contributed by atoms with Gasteiger partial charge in [-0.15, -0.1) is 11.3 Å². The van der Waals surface area contributed by atoms with Crippen molar-refractivity contribution in [3.63, 3.8) is 0 Å². The second kappa shape index (κ2) is 15.0. The molecule has 0 N–H and O–H groups in total. The van der Waals surface area contributed by atoms with E-state index in [-0.39, 0.29) is 5.41 Å². The summed E-state index contributed by atoms with van der Waals surface area (Å²) in [7, 11) is 0. The van der Waals surface area contributed by atoms with E-state index >= 15 is 0 Å². The molecular weight excluding hydrogens is 781 g/mol. The molecule has 1 unspecified atom stereocenters. The quantitative estimate of drug-likeness (QED) is 0.160. The molecule has 0 saturated carbocycles. The average molecular weight is 821 g/mol. The van der Waals surface area contributed by atoms with Crippen LogP contribution < -0.4 is 0 Å². The molecule has 296 valence electrons. The lowest BCUT2D eigenvalue weighted by Crippen LogP contribution is -2.22. The Morgan fingerprint density at radius 3 is 1.68 bits per heavy atom. The van der Waals surface area contributed by atoms with Crippen LogP contribution in [-0.4, -0.2) is 9.97 Å². The summed E-state index contributed by atoms with van der Waals surface area (Å²) in [6.45, 7) is 2.38. The standard InChI is InChI=1S/C60H40N2S/c1-60(47-20-9-4-10-21-47)52-25-13-11-23-50(52)58-48(24-15-26-53(58)60)40-30-28-39(29-31-40)44-34-45(43-32-33-57-51(37-43)49-22-12-14-27-56(49)63-57)36-46(35-44)55-38-54(41-16-5-2-6-17-41)61-59(62-55)42-18-7-3-8-19-42/h2-38H,1H3. The molecule has 63 heavy (non-hydrogen) atoms. The van der Waals surface area contributed by atoms with Crippen LogP contribution in [0.5, 0.6) is 0 Å². The van der Waals surface area contributed by atoms with Gasteiger partial charge in [0.05, 0.1) is 11.4 Å². The lowest BCUT2D eigenvalue weighted by Gasteiger charge is -2.28. The van der Waals surface area contributed by atoms with E-state index in [4.69, 9.17) is 9.97 Å². The van der Waals surface area contributed by atoms with Gasteiger partial charge in [0.2, 0.25) is 0 Å². The van der Waals surface area contributed by atoms with Crippen LogP contribution in [0.2, 0.25) is 0 Å². The van der Waals surface area contributed by atoms with Crippen LogP contribution in [0.4, 0.5) is 0 Å². The molecule has 1 aliphatic carbocycles. The third-order valence-electron chi connectivity index (χ3n) is 13.0. The van der Waals surface area contributed by atoms with Gasteiger partial charge in [-0.25, -0.2) is 9.97 Å². The number of fused-ring (bicyclic) bond motifs is 6. The monoisotopic (exact) mass is 820 g/mol. The van der Waals surface area contributed by atoms with Gasteiger partial charge in [0.25, 0.3) is 0 Å². The van der Waals surface area contributed by atoms with E-state index in [0.717, 1.165) is 44.8 Å². The van der Waals surface area contributed by atoms with Crippen molar-refractivity contribution in [2.24, 2.45) is 0 Å². The fourth-order valence-electron chi connectivity index (χ4n) is 9.79. The van der Waals surface area contributed by atoms with Crippen LogP contribution in [-0.2, 0) is 5.41 Å². The second-order valence-electron chi connectivity index (χ2n) is 16.6. The van der Waals surface area contributed by atoms with Crippen molar-refractivity contribution in [3.05, 3.63) is 241 Å². The van der Waals surface area contributed by atoms with Gasteiger partial charge in [-0.1, -0.05) is 182 Å². The molecule has 0 bridgehead atoms. The molecule has 0 radical (unpaired) electrons. The Hall–Kier alpha value is -7.72. The molecule has 2 nitrogen and oxygen atoms in total. The summed E-state index contributed by atoms with van der Waals surface area (Å²) in [5.41, 5.74) is 18.3. The summed E-state index contributed by atoms with van der Waals surface area (Å²) >= 11 is 1.85. The average Bonchev–Trinajstić information content (AvgIpc) is 3.87. The zero-order valence-electron chi connectivity index (χ0n) is 34.7. The van der Waals surface area contributed by atoms with E-state index in [0.29, 0.717) is 5.82 Å². The first kappa shape index (κ1) is 37.1. The Labute approximate surface area is 371 Å². The minimum atomic E-state index is -0.250. The van der Waals surface area contributed by atoms with Crippen LogP contribution in [0.15, 0.2) is 224 Å². The molecule has 1 atom stereocenters. The molecule has 11 aromatic rings. The molecule has 0 amide bonds. The highest BCUT2D eigenvalue weighted by atomic mass is 32.1. The van der Waals surface area contributed by atoms with E-state index in [2.05, 4.69) is 207 Å². The van der Waals surface area contributed by atoms with E-state index in [9.17, 15) is 0 Å². The normalized spacial score (nSPS) is 14.2. The van der Waals surface area contributed by atoms with Crippen LogP contribution in [0.3, 0.4) is 0 Å². The molecular formula is C60H40N2S. The lowest BCUT2D eigenvalue weighted by molar-refractivity contribution is 0.714. The number of aromatic nitrogens is 2. The molecule has 3 heteroatoms. The van der Waals surface area contributed by atoms with Crippen molar-refractivity contribution in [3.8, 4) is 78.4 Å². The highest BCUT2D eigenvalue weighted by Gasteiger charge is 2.41. The van der Waals surface area contributed by atoms with E-state index in [1.54, 1.807) is 0 Å². The summed E-state index contributed by atoms with van der Waals surface area (Å²) in [4.78, 5) is 10.4. The summed E-state index contributed by atoms with van der Waals surface area (Å²) < 4.78 is 2.60. The Kier molecular flexibility index (Phi) is 8.84. The second-order valence-corrected chi connectivity index (χ2v) is 17.7. The maximum absolute atomic E-state index is 5.28. The topological polar surface area (TPSA) is 25.8 Å². The Bertz CT molecular complexity index is 3440. The number of benzene rings is 9. The van der Waals surface area contributed by atoms with E-state index < -0.39 is 0 Å². The number of hydrogen-bond donors (Lipinski definition) is 0. The number of nitrogens with zero attached hydrogens (tertiary/aromatic N) is 2. The van der Waals surface area contributed by atoms with Crippen molar-refractivity contribution in [2.75, 3.05) is 0 Å². The van der Waals surface area contributed by atoms with Crippen molar-refractivity contribution >= 4 is 31.5 Å². The minimum Gasteiger partial charge on any atom is -0.228 e. The molecule has 9 aromatic carbocycles. The molecule has 0 saturated heterocycles. The molecule has 1 aliphatic rings. The Morgan fingerprint density at radius 1 is 0.349 bits per heavy atom. The first-order chi connectivity index (χ1) is 31.1. The van der Waals surface area contributed by atoms with Crippen molar-refractivity contribution in [2.45, 2.75) is 12.3 Å². The van der Waals surface area contributed by atoms with Crippen LogP contribution >= 0.6 is 11.3 Å². The van der Waals surface area contributed by atoms with Gasteiger partial charge in [-0.2, -0.15) is 0 Å². The van der Waals surface area contributed by atoms with Crippen molar-refractivity contribution in [1.29, 1.82) is 0 Å². The van der Waals surface area contributed by atoms with E-state index in [1.807, 2.05) is 35.6 Å². The van der Waals surface area contributed by atoms with Gasteiger partial charge in [-0.05, 0) is 111 Å². The SMILES string of the molecule is CC1(c2ccccc2)c2ccccc2-c2c(-c3ccc(-c4cc(-c5ccc6sc7ccccc7c6c5)cc(-c5cc(-c6ccccc6)nc(-c6ccccc6)n5)c4)cc3)cccc21. The maximum atomic E-state index is 5.28. The van der Waals surface area contributed by atoms with Crippen molar-refractivity contribution in [1.82, 2.24) is 9.97 Å². The Morgan fingerprint density at radius 2 is 0.905 bits per heavy atom. The minimum absolute atomic E-state index is 0.250. The molecule has 12 rings (SSSR count). The lowest BCUT2D eigenvalue weighted by atomic mass is 9.74. The summed E-state index contributed by atoms with van der Waals surface area (Å²) in [6.07, 6.45) is 0. The fraction of sp³-hybridized carbons (Fsp3) is 0.0333. The summed E-state index contributed by atoms with van der Waals surface area (Å²) in [6, 6.07) is 81.3. The molecule has 2 aromatic heterocycles. The summed E-state index contributed by atoms with van der Waals surface area (Å²) in [5, 5.41) is 2.57. The number of rotatable bonds is 7. The fourth-order valence-corrected chi connectivity index (χ4v) is 10.9. The van der Waals surface area contributed by atoms with Crippen molar-refractivity contribution < 1.29 is 0 Å². The Balaban J connectivity index is 1.02. The third-order valence-corrected chi connectivity index (χ3v) is 14.1. The third kappa shape index (κ3) is 6.31. The number of thiophene rings is 1. The molecule has 0 aliphatic heterocycles. The zero-order chi connectivity index (χ0) is 41.9. The highest BCUT2D eigenvalue weighted by molar-refractivity contribution is 7.25. The van der Waals surface area contributed by atoms with Gasteiger partial charge in [0.15, 0.2) is 5.82 Å². The molecule has 2 heterocycles. The maximum Gasteiger partial charge on any atom is 0.160 e. The molecule has 0 spiro atoms. The van der Waals surface area contributed by atoms with Gasteiger partial charge in [-0.3, -0.25) is 0 Å².